The molecule has 2 aromatic carbocycles. The van der Waals surface area contributed by atoms with Crippen molar-refractivity contribution in [3.8, 4) is 11.5 Å². The van der Waals surface area contributed by atoms with Gasteiger partial charge in [0.15, 0.2) is 11.5 Å². The van der Waals surface area contributed by atoms with E-state index in [0.717, 1.165) is 43.0 Å². The number of nitrogens with zero attached hydrogens (tertiary/aromatic N) is 2. The summed E-state index contributed by atoms with van der Waals surface area (Å²) in [6.07, 6.45) is 7.68. The van der Waals surface area contributed by atoms with Crippen molar-refractivity contribution in [3.05, 3.63) is 63.9 Å². The fourth-order valence-corrected chi connectivity index (χ4v) is 8.03. The van der Waals surface area contributed by atoms with Crippen molar-refractivity contribution in [2.75, 3.05) is 20.1 Å². The van der Waals surface area contributed by atoms with Gasteiger partial charge in [-0.15, -0.1) is 0 Å². The first-order valence-corrected chi connectivity index (χ1v) is 14.0. The van der Waals surface area contributed by atoms with E-state index in [-0.39, 0.29) is 28.8 Å². The molecular weight excluding hydrogens is 507 g/mol. The Balaban J connectivity index is 1.23. The average Bonchev–Trinajstić information content (AvgIpc) is 3.64. The van der Waals surface area contributed by atoms with Gasteiger partial charge >= 0.3 is 0 Å². The number of amides is 1. The summed E-state index contributed by atoms with van der Waals surface area (Å²) < 4.78 is 20.4. The third-order valence-electron chi connectivity index (χ3n) is 9.94. The molecule has 2 aliphatic heterocycles. The first-order chi connectivity index (χ1) is 18.2. The van der Waals surface area contributed by atoms with Gasteiger partial charge in [0.1, 0.15) is 11.9 Å². The van der Waals surface area contributed by atoms with Crippen LogP contribution >= 0.6 is 11.6 Å². The third kappa shape index (κ3) is 3.34. The molecule has 2 aromatic rings. The van der Waals surface area contributed by atoms with Crippen LogP contribution in [-0.2, 0) is 16.6 Å². The highest BCUT2D eigenvalue weighted by Gasteiger charge is 2.73. The van der Waals surface area contributed by atoms with Crippen molar-refractivity contribution in [1.82, 2.24) is 9.80 Å². The maximum atomic E-state index is 13.9. The van der Waals surface area contributed by atoms with E-state index in [2.05, 4.69) is 4.90 Å². The number of carbonyl (C=O) groups is 1. The number of carbonyl (C=O) groups excluding carboxylic acids is 1. The molecule has 3 aliphatic carbocycles. The number of likely N-dealkylation sites (N-methyl/N-ethyl adjacent to an activating group) is 1. The van der Waals surface area contributed by atoms with Crippen molar-refractivity contribution in [2.45, 2.75) is 67.7 Å². The van der Waals surface area contributed by atoms with Crippen molar-refractivity contribution < 1.29 is 24.1 Å². The molecule has 0 aromatic heterocycles. The molecule has 38 heavy (non-hydrogen) atoms. The second kappa shape index (κ2) is 8.44. The van der Waals surface area contributed by atoms with E-state index in [1.807, 2.05) is 6.07 Å². The molecule has 5 atom stereocenters. The topological polar surface area (TPSA) is 73.2 Å². The van der Waals surface area contributed by atoms with E-state index < -0.39 is 22.9 Å². The van der Waals surface area contributed by atoms with Gasteiger partial charge in [0.25, 0.3) is 0 Å². The van der Waals surface area contributed by atoms with E-state index in [0.29, 0.717) is 24.2 Å². The van der Waals surface area contributed by atoms with E-state index in [1.54, 1.807) is 30.2 Å². The van der Waals surface area contributed by atoms with Crippen LogP contribution in [0.25, 0.3) is 6.08 Å². The zero-order chi connectivity index (χ0) is 26.4. The first-order valence-electron chi connectivity index (χ1n) is 13.6. The van der Waals surface area contributed by atoms with Gasteiger partial charge in [-0.25, -0.2) is 4.39 Å². The monoisotopic (exact) mass is 538 g/mol. The normalized spacial score (nSPS) is 33.2. The molecule has 6 nitrogen and oxygen atoms in total. The summed E-state index contributed by atoms with van der Waals surface area (Å²) in [4.78, 5) is 17.5. The first kappa shape index (κ1) is 24.4. The number of rotatable bonds is 5. The molecule has 7 rings (SSSR count). The summed E-state index contributed by atoms with van der Waals surface area (Å²) in [6, 6.07) is 7.81. The average molecular weight is 539 g/mol. The Labute approximate surface area is 226 Å². The van der Waals surface area contributed by atoms with Gasteiger partial charge in [0.2, 0.25) is 5.91 Å². The second-order valence-electron chi connectivity index (χ2n) is 11.9. The molecule has 8 heteroatoms. The highest BCUT2D eigenvalue weighted by atomic mass is 35.5. The van der Waals surface area contributed by atoms with Crippen molar-refractivity contribution in [2.24, 2.45) is 5.92 Å². The Morgan fingerprint density at radius 2 is 2.08 bits per heavy atom. The van der Waals surface area contributed by atoms with Gasteiger partial charge in [-0.2, -0.15) is 0 Å². The van der Waals surface area contributed by atoms with Gasteiger partial charge in [0.05, 0.1) is 22.1 Å². The number of halogens is 2. The van der Waals surface area contributed by atoms with E-state index in [1.165, 1.54) is 31.1 Å². The SMILES string of the molecule is CN(C(=O)C=Cc1ccc(Cl)c(F)c1)[C@@H]1CC[C@@]2(O)[C@H]3Cc4ccc(O)c5c4[C@@]2(CCN3CC2CC2)[C@H]1O5. The lowest BCUT2D eigenvalue weighted by atomic mass is 9.48. The number of ether oxygens (including phenoxy) is 1. The van der Waals surface area contributed by atoms with E-state index in [4.69, 9.17) is 16.3 Å². The lowest BCUT2D eigenvalue weighted by Gasteiger charge is -2.64. The minimum atomic E-state index is -0.992. The van der Waals surface area contributed by atoms with Crippen LogP contribution in [-0.4, -0.2) is 69.8 Å². The smallest absolute Gasteiger partial charge is 0.246 e. The largest absolute Gasteiger partial charge is 0.504 e. The molecule has 0 radical (unpaired) electrons. The summed E-state index contributed by atoms with van der Waals surface area (Å²) >= 11 is 5.78. The molecule has 5 aliphatic rings. The lowest BCUT2D eigenvalue weighted by molar-refractivity contribution is -0.200. The van der Waals surface area contributed by atoms with Crippen LogP contribution in [0.5, 0.6) is 11.5 Å². The third-order valence-corrected chi connectivity index (χ3v) is 10.2. The highest BCUT2D eigenvalue weighted by molar-refractivity contribution is 6.30. The molecule has 2 N–H and O–H groups in total. The molecule has 1 saturated heterocycles. The van der Waals surface area contributed by atoms with Crippen LogP contribution in [0.3, 0.4) is 0 Å². The maximum absolute atomic E-state index is 13.9. The minimum absolute atomic E-state index is 0.00685. The van der Waals surface area contributed by atoms with Gasteiger partial charge in [0, 0.05) is 31.3 Å². The number of phenolic OH excluding ortho intramolecular Hbond substituents is 1. The Kier molecular flexibility index (Phi) is 5.43. The van der Waals surface area contributed by atoms with E-state index in [9.17, 15) is 19.4 Å². The fourth-order valence-electron chi connectivity index (χ4n) is 7.92. The second-order valence-corrected chi connectivity index (χ2v) is 12.3. The molecule has 2 heterocycles. The van der Waals surface area contributed by atoms with Gasteiger partial charge in [-0.1, -0.05) is 23.7 Å². The summed E-state index contributed by atoms with van der Waals surface area (Å²) in [5.41, 5.74) is 0.954. The van der Waals surface area contributed by atoms with Crippen LogP contribution in [0, 0.1) is 11.7 Å². The highest BCUT2D eigenvalue weighted by Crippen LogP contribution is 2.66. The number of aliphatic hydroxyl groups is 1. The number of likely N-dealkylation sites (tertiary alicyclic amines) is 1. The fraction of sp³-hybridized carbons (Fsp3) is 0.500. The number of phenols is 1. The van der Waals surface area contributed by atoms with Crippen molar-refractivity contribution in [3.63, 3.8) is 0 Å². The van der Waals surface area contributed by atoms with Crippen LogP contribution in [0.1, 0.15) is 48.8 Å². The number of piperidine rings is 1. The molecule has 1 amide bonds. The minimum Gasteiger partial charge on any atom is -0.504 e. The maximum Gasteiger partial charge on any atom is 0.246 e. The summed E-state index contributed by atoms with van der Waals surface area (Å²) in [5, 5.41) is 23.4. The molecule has 2 bridgehead atoms. The van der Waals surface area contributed by atoms with Crippen LogP contribution in [0.2, 0.25) is 5.02 Å². The Bertz CT molecular complexity index is 1360. The number of benzene rings is 2. The zero-order valence-electron chi connectivity index (χ0n) is 21.4. The van der Waals surface area contributed by atoms with Gasteiger partial charge < -0.3 is 19.8 Å². The van der Waals surface area contributed by atoms with Gasteiger partial charge in [-0.05, 0) is 86.4 Å². The summed E-state index contributed by atoms with van der Waals surface area (Å²) in [6.45, 7) is 1.89. The number of aromatic hydroxyl groups is 1. The number of hydrogen-bond donors (Lipinski definition) is 2. The summed E-state index contributed by atoms with van der Waals surface area (Å²) in [7, 11) is 1.76. The number of hydrogen-bond acceptors (Lipinski definition) is 5. The lowest BCUT2D eigenvalue weighted by Crippen LogP contribution is -2.78. The van der Waals surface area contributed by atoms with Gasteiger partial charge in [-0.3, -0.25) is 9.69 Å². The molecule has 0 unspecified atom stereocenters. The molecule has 200 valence electrons. The van der Waals surface area contributed by atoms with Crippen LogP contribution in [0.4, 0.5) is 4.39 Å². The Hall–Kier alpha value is -2.61. The Morgan fingerprint density at radius 1 is 1.26 bits per heavy atom. The molecule has 3 fully saturated rings. The van der Waals surface area contributed by atoms with E-state index >= 15 is 0 Å². The molecule has 2 saturated carbocycles. The molecular formula is C30H32ClFN2O4. The predicted molar refractivity (Wildman–Crippen MR) is 142 cm³/mol. The standard InChI is InChI=1S/C30H32ClFN2O4/c1-33(25(36)9-5-17-4-7-20(31)21(32)14-17)22-10-11-30(37)24-15-19-6-8-23(35)27-26(19)29(30,28(22)38-27)12-13-34(24)16-18-2-3-18/h4-9,14,18,22,24,28,35,37H,2-3,10-13,15-16H2,1H3/t22-,24-,28+,29+,30-/m1/s1. The zero-order valence-corrected chi connectivity index (χ0v) is 22.1. The predicted octanol–water partition coefficient (Wildman–Crippen LogP) is 4.29. The quantitative estimate of drug-likeness (QED) is 0.556. The van der Waals surface area contributed by atoms with Crippen molar-refractivity contribution >= 4 is 23.6 Å². The van der Waals surface area contributed by atoms with Crippen LogP contribution < -0.4 is 4.74 Å². The van der Waals surface area contributed by atoms with Crippen LogP contribution in [0.15, 0.2) is 36.4 Å². The van der Waals surface area contributed by atoms with Crippen molar-refractivity contribution in [1.29, 1.82) is 0 Å². The Morgan fingerprint density at radius 3 is 2.84 bits per heavy atom. The molecule has 1 spiro atoms. The summed E-state index contributed by atoms with van der Waals surface area (Å²) in [5.74, 6) is 0.523.